The summed E-state index contributed by atoms with van der Waals surface area (Å²) in [6.07, 6.45) is 3.89. The van der Waals surface area contributed by atoms with Crippen LogP contribution in [0.25, 0.3) is 0 Å². The van der Waals surface area contributed by atoms with Crippen LogP contribution in [0.1, 0.15) is 17.7 Å². The van der Waals surface area contributed by atoms with Crippen LogP contribution in [0.3, 0.4) is 0 Å². The smallest absolute Gasteiger partial charge is 0.0739 e. The zero-order valence-electron chi connectivity index (χ0n) is 10.3. The minimum Gasteiger partial charge on any atom is -0.396 e. The Labute approximate surface area is 112 Å². The van der Waals surface area contributed by atoms with Crippen LogP contribution in [0.4, 0.5) is 11.4 Å². The molecule has 0 aliphatic carbocycles. The van der Waals surface area contributed by atoms with E-state index in [1.807, 2.05) is 25.3 Å². The average Bonchev–Trinajstić information content (AvgIpc) is 2.76. The number of aromatic nitrogens is 2. The van der Waals surface area contributed by atoms with E-state index in [1.54, 1.807) is 6.07 Å². The number of anilines is 2. The lowest BCUT2D eigenvalue weighted by Gasteiger charge is -2.09. The van der Waals surface area contributed by atoms with Gasteiger partial charge in [-0.1, -0.05) is 17.7 Å². The number of nitrogens with one attached hydrogen (secondary N) is 2. The number of H-pyrrole nitrogens is 1. The second-order valence-electron chi connectivity index (χ2n) is 4.25. The first kappa shape index (κ1) is 12.8. The van der Waals surface area contributed by atoms with Crippen LogP contribution in [-0.2, 0) is 6.42 Å². The highest BCUT2D eigenvalue weighted by molar-refractivity contribution is 6.33. The van der Waals surface area contributed by atoms with Gasteiger partial charge in [0.2, 0.25) is 0 Å². The predicted octanol–water partition coefficient (Wildman–Crippen LogP) is 3.00. The van der Waals surface area contributed by atoms with Gasteiger partial charge in [0.25, 0.3) is 0 Å². The van der Waals surface area contributed by atoms with Crippen molar-refractivity contribution in [1.82, 2.24) is 10.2 Å². The summed E-state index contributed by atoms with van der Waals surface area (Å²) in [4.78, 5) is 0. The molecule has 0 atom stereocenters. The molecule has 0 aliphatic rings. The van der Waals surface area contributed by atoms with Gasteiger partial charge in [-0.2, -0.15) is 5.10 Å². The van der Waals surface area contributed by atoms with Gasteiger partial charge in [-0.05, 0) is 37.5 Å². The van der Waals surface area contributed by atoms with Gasteiger partial charge in [-0.3, -0.25) is 5.10 Å². The Kier molecular flexibility index (Phi) is 4.10. The average molecular weight is 265 g/mol. The van der Waals surface area contributed by atoms with Crippen LogP contribution < -0.4 is 11.1 Å². The number of aryl methyl sites for hydroxylation is 2. The molecule has 5 heteroatoms. The standard InChI is InChI=1S/C13H17ClN4/c1-9-10(8-17-18-9)4-3-7-16-12-6-2-5-11(14)13(12)15/h2,5-6,8,16H,3-4,7,15H2,1H3,(H,17,18). The van der Waals surface area contributed by atoms with Crippen molar-refractivity contribution in [1.29, 1.82) is 0 Å². The molecule has 0 aliphatic heterocycles. The molecular weight excluding hydrogens is 248 g/mol. The van der Waals surface area contributed by atoms with Gasteiger partial charge in [0, 0.05) is 12.2 Å². The molecule has 1 heterocycles. The molecule has 0 amide bonds. The molecule has 2 aromatic rings. The van der Waals surface area contributed by atoms with E-state index >= 15 is 0 Å². The maximum absolute atomic E-state index is 5.95. The van der Waals surface area contributed by atoms with Crippen LogP contribution >= 0.6 is 11.6 Å². The lowest BCUT2D eigenvalue weighted by molar-refractivity contribution is 0.857. The summed E-state index contributed by atoms with van der Waals surface area (Å²) in [5, 5.41) is 10.8. The molecule has 0 saturated carbocycles. The highest BCUT2D eigenvalue weighted by atomic mass is 35.5. The number of para-hydroxylation sites is 1. The third-order valence-electron chi connectivity index (χ3n) is 2.93. The Bertz CT molecular complexity index is 521. The maximum atomic E-state index is 5.95. The van der Waals surface area contributed by atoms with Crippen molar-refractivity contribution in [2.75, 3.05) is 17.6 Å². The Morgan fingerprint density at radius 3 is 3.00 bits per heavy atom. The highest BCUT2D eigenvalue weighted by Gasteiger charge is 2.03. The Morgan fingerprint density at radius 2 is 2.28 bits per heavy atom. The van der Waals surface area contributed by atoms with E-state index in [4.69, 9.17) is 17.3 Å². The number of rotatable bonds is 5. The van der Waals surface area contributed by atoms with Gasteiger partial charge in [0.15, 0.2) is 0 Å². The lowest BCUT2D eigenvalue weighted by Crippen LogP contribution is -2.05. The molecule has 4 N–H and O–H groups in total. The van der Waals surface area contributed by atoms with Gasteiger partial charge >= 0.3 is 0 Å². The van der Waals surface area contributed by atoms with Gasteiger partial charge < -0.3 is 11.1 Å². The quantitative estimate of drug-likeness (QED) is 0.574. The molecule has 0 bridgehead atoms. The molecule has 0 saturated heterocycles. The third kappa shape index (κ3) is 2.96. The zero-order valence-corrected chi connectivity index (χ0v) is 11.1. The number of nitrogens with zero attached hydrogens (tertiary/aromatic N) is 1. The summed E-state index contributed by atoms with van der Waals surface area (Å²) < 4.78 is 0. The van der Waals surface area contributed by atoms with Crippen molar-refractivity contribution in [3.63, 3.8) is 0 Å². The summed E-state index contributed by atoms with van der Waals surface area (Å²) in [6, 6.07) is 5.61. The minimum absolute atomic E-state index is 0.589. The summed E-state index contributed by atoms with van der Waals surface area (Å²) in [7, 11) is 0. The predicted molar refractivity (Wildman–Crippen MR) is 76.0 cm³/mol. The fourth-order valence-corrected chi connectivity index (χ4v) is 2.00. The van der Waals surface area contributed by atoms with Gasteiger partial charge in [-0.25, -0.2) is 0 Å². The minimum atomic E-state index is 0.589. The van der Waals surface area contributed by atoms with Crippen LogP contribution in [0.2, 0.25) is 5.02 Å². The number of hydrogen-bond donors (Lipinski definition) is 3. The topological polar surface area (TPSA) is 66.7 Å². The Balaban J connectivity index is 1.82. The molecule has 1 aromatic heterocycles. The third-order valence-corrected chi connectivity index (χ3v) is 3.26. The summed E-state index contributed by atoms with van der Waals surface area (Å²) in [5.41, 5.74) is 9.78. The van der Waals surface area contributed by atoms with Crippen LogP contribution in [0.15, 0.2) is 24.4 Å². The van der Waals surface area contributed by atoms with E-state index in [0.29, 0.717) is 10.7 Å². The number of hydrogen-bond acceptors (Lipinski definition) is 3. The van der Waals surface area contributed by atoms with Gasteiger partial charge in [0.05, 0.1) is 22.6 Å². The van der Waals surface area contributed by atoms with E-state index in [9.17, 15) is 0 Å². The SMILES string of the molecule is Cc1[nH]ncc1CCCNc1cccc(Cl)c1N. The number of benzene rings is 1. The molecule has 96 valence electrons. The second-order valence-corrected chi connectivity index (χ2v) is 4.66. The summed E-state index contributed by atoms with van der Waals surface area (Å²) in [5.74, 6) is 0. The lowest BCUT2D eigenvalue weighted by atomic mass is 10.1. The second kappa shape index (κ2) is 5.78. The molecule has 2 rings (SSSR count). The van der Waals surface area contributed by atoms with Crippen molar-refractivity contribution in [2.24, 2.45) is 0 Å². The van der Waals surface area contributed by atoms with Crippen molar-refractivity contribution in [3.8, 4) is 0 Å². The van der Waals surface area contributed by atoms with Crippen LogP contribution in [-0.4, -0.2) is 16.7 Å². The zero-order chi connectivity index (χ0) is 13.0. The molecule has 0 unspecified atom stereocenters. The van der Waals surface area contributed by atoms with Gasteiger partial charge in [-0.15, -0.1) is 0 Å². The molecular formula is C13H17ClN4. The largest absolute Gasteiger partial charge is 0.396 e. The molecule has 1 aromatic carbocycles. The highest BCUT2D eigenvalue weighted by Crippen LogP contribution is 2.26. The number of nitrogens with two attached hydrogens (primary N) is 1. The Morgan fingerprint density at radius 1 is 1.44 bits per heavy atom. The van der Waals surface area contributed by atoms with E-state index < -0.39 is 0 Å². The van der Waals surface area contributed by atoms with Crippen molar-refractivity contribution < 1.29 is 0 Å². The number of aromatic amines is 1. The Hall–Kier alpha value is -1.68. The van der Waals surface area contributed by atoms with E-state index in [2.05, 4.69) is 15.5 Å². The van der Waals surface area contributed by atoms with Crippen LogP contribution in [0, 0.1) is 6.92 Å². The van der Waals surface area contributed by atoms with E-state index in [0.717, 1.165) is 30.8 Å². The first-order valence-electron chi connectivity index (χ1n) is 5.95. The molecule has 18 heavy (non-hydrogen) atoms. The van der Waals surface area contributed by atoms with Crippen molar-refractivity contribution in [3.05, 3.63) is 40.7 Å². The first-order chi connectivity index (χ1) is 8.68. The van der Waals surface area contributed by atoms with Gasteiger partial charge in [0.1, 0.15) is 0 Å². The monoisotopic (exact) mass is 264 g/mol. The fraction of sp³-hybridized carbons (Fsp3) is 0.308. The van der Waals surface area contributed by atoms with Crippen molar-refractivity contribution in [2.45, 2.75) is 19.8 Å². The first-order valence-corrected chi connectivity index (χ1v) is 6.33. The van der Waals surface area contributed by atoms with Crippen molar-refractivity contribution >= 4 is 23.0 Å². The summed E-state index contributed by atoms with van der Waals surface area (Å²) >= 11 is 5.95. The summed E-state index contributed by atoms with van der Waals surface area (Å²) in [6.45, 7) is 2.89. The molecule has 0 spiro atoms. The molecule has 0 radical (unpaired) electrons. The number of nitrogen functional groups attached to an aromatic ring is 1. The maximum Gasteiger partial charge on any atom is 0.0739 e. The van der Waals surface area contributed by atoms with E-state index in [-0.39, 0.29) is 0 Å². The molecule has 0 fully saturated rings. The van der Waals surface area contributed by atoms with Crippen LogP contribution in [0.5, 0.6) is 0 Å². The fourth-order valence-electron chi connectivity index (χ4n) is 1.82. The molecule has 4 nitrogen and oxygen atoms in total. The van der Waals surface area contributed by atoms with E-state index in [1.165, 1.54) is 5.56 Å². The number of halogens is 1. The normalized spacial score (nSPS) is 10.6.